The molecule has 1 heterocycles. The summed E-state index contributed by atoms with van der Waals surface area (Å²) in [6.45, 7) is 3.05. The zero-order valence-electron chi connectivity index (χ0n) is 11.0. The number of hydrogen-bond acceptors (Lipinski definition) is 5. The normalized spacial score (nSPS) is 22.6. The molecule has 108 valence electrons. The van der Waals surface area contributed by atoms with Crippen LogP contribution in [0.15, 0.2) is 0 Å². The van der Waals surface area contributed by atoms with Crippen LogP contribution in [0.2, 0.25) is 0 Å². The minimum Gasteiger partial charge on any atom is -0.395 e. The lowest BCUT2D eigenvalue weighted by Crippen LogP contribution is -2.44. The molecule has 1 aliphatic rings. The van der Waals surface area contributed by atoms with Crippen molar-refractivity contribution >= 4 is 10.0 Å². The summed E-state index contributed by atoms with van der Waals surface area (Å²) in [6.07, 6.45) is 3.12. The summed E-state index contributed by atoms with van der Waals surface area (Å²) in [5.74, 6) is 0.284. The van der Waals surface area contributed by atoms with Crippen LogP contribution in [0.5, 0.6) is 0 Å². The van der Waals surface area contributed by atoms with Gasteiger partial charge in [-0.05, 0) is 18.8 Å². The Hall–Kier alpha value is -0.210. The quantitative estimate of drug-likeness (QED) is 0.621. The maximum atomic E-state index is 11.5. The number of piperidine rings is 1. The Bertz CT molecular complexity index is 328. The Morgan fingerprint density at radius 3 is 2.39 bits per heavy atom. The number of nitrogens with zero attached hydrogens (tertiary/aromatic N) is 2. The summed E-state index contributed by atoms with van der Waals surface area (Å²) in [4.78, 5) is 1.98. The molecule has 1 fully saturated rings. The number of sulfonamides is 1. The smallest absolute Gasteiger partial charge is 0.211 e. The van der Waals surface area contributed by atoms with Crippen LogP contribution in [-0.4, -0.2) is 80.0 Å². The molecule has 0 amide bonds. The zero-order valence-corrected chi connectivity index (χ0v) is 11.8. The lowest BCUT2D eigenvalue weighted by Gasteiger charge is -2.34. The molecule has 1 aliphatic heterocycles. The van der Waals surface area contributed by atoms with Crippen LogP contribution in [0.25, 0.3) is 0 Å². The Labute approximate surface area is 109 Å². The largest absolute Gasteiger partial charge is 0.395 e. The van der Waals surface area contributed by atoms with E-state index in [0.717, 1.165) is 19.4 Å². The molecule has 0 aromatic carbocycles. The molecule has 0 bridgehead atoms. The molecule has 1 saturated heterocycles. The van der Waals surface area contributed by atoms with Gasteiger partial charge in [-0.2, -0.15) is 0 Å². The topological polar surface area (TPSA) is 81.1 Å². The van der Waals surface area contributed by atoms with Crippen molar-refractivity contribution in [2.75, 3.05) is 52.2 Å². The molecule has 1 unspecified atom stereocenters. The third-order valence-electron chi connectivity index (χ3n) is 3.30. The summed E-state index contributed by atoms with van der Waals surface area (Å²) in [5.41, 5.74) is 0. The van der Waals surface area contributed by atoms with Crippen molar-refractivity contribution in [1.29, 1.82) is 0 Å². The summed E-state index contributed by atoms with van der Waals surface area (Å²) in [6, 6.07) is 0. The van der Waals surface area contributed by atoms with Gasteiger partial charge in [-0.3, -0.25) is 4.90 Å². The van der Waals surface area contributed by atoms with Crippen LogP contribution in [0, 0.1) is 5.92 Å². The molecule has 0 radical (unpaired) electrons. The van der Waals surface area contributed by atoms with E-state index in [1.165, 1.54) is 10.6 Å². The van der Waals surface area contributed by atoms with Gasteiger partial charge in [0.15, 0.2) is 0 Å². The number of aliphatic hydroxyl groups is 2. The summed E-state index contributed by atoms with van der Waals surface area (Å²) in [7, 11) is -3.10. The molecule has 0 aromatic heterocycles. The lowest BCUT2D eigenvalue weighted by molar-refractivity contribution is 0.126. The van der Waals surface area contributed by atoms with E-state index in [0.29, 0.717) is 26.2 Å². The number of rotatable bonds is 7. The van der Waals surface area contributed by atoms with Gasteiger partial charge in [-0.15, -0.1) is 0 Å². The van der Waals surface area contributed by atoms with Crippen molar-refractivity contribution in [3.8, 4) is 0 Å². The molecule has 6 nitrogen and oxygen atoms in total. The van der Waals surface area contributed by atoms with E-state index in [-0.39, 0.29) is 19.1 Å². The summed E-state index contributed by atoms with van der Waals surface area (Å²) < 4.78 is 24.5. The second kappa shape index (κ2) is 7.40. The highest BCUT2D eigenvalue weighted by Gasteiger charge is 2.26. The van der Waals surface area contributed by atoms with Gasteiger partial charge in [-0.1, -0.05) is 0 Å². The molecule has 2 N–H and O–H groups in total. The van der Waals surface area contributed by atoms with Gasteiger partial charge in [0.25, 0.3) is 0 Å². The molecule has 1 atom stereocenters. The first-order chi connectivity index (χ1) is 8.47. The fraction of sp³-hybridized carbons (Fsp3) is 1.00. The van der Waals surface area contributed by atoms with Crippen LogP contribution < -0.4 is 0 Å². The Morgan fingerprint density at radius 2 is 1.89 bits per heavy atom. The molecule has 0 spiro atoms. The summed E-state index contributed by atoms with van der Waals surface area (Å²) >= 11 is 0. The second-order valence-corrected chi connectivity index (χ2v) is 6.86. The average Bonchev–Trinajstić information content (AvgIpc) is 2.29. The highest BCUT2D eigenvalue weighted by atomic mass is 32.2. The SMILES string of the molecule is CS(=O)(=O)N1CCCC(CN(CCO)CCO)C1. The van der Waals surface area contributed by atoms with Crippen LogP contribution in [0.3, 0.4) is 0 Å². The predicted molar refractivity (Wildman–Crippen MR) is 69.8 cm³/mol. The third kappa shape index (κ3) is 5.19. The monoisotopic (exact) mass is 280 g/mol. The van der Waals surface area contributed by atoms with E-state index in [9.17, 15) is 8.42 Å². The minimum absolute atomic E-state index is 0.0580. The van der Waals surface area contributed by atoms with E-state index < -0.39 is 10.0 Å². The molecule has 0 aliphatic carbocycles. The first-order valence-corrected chi connectivity index (χ1v) is 8.21. The van der Waals surface area contributed by atoms with Gasteiger partial charge in [0.05, 0.1) is 19.5 Å². The van der Waals surface area contributed by atoms with Crippen LogP contribution in [0.1, 0.15) is 12.8 Å². The fourth-order valence-electron chi connectivity index (χ4n) is 2.42. The Morgan fingerprint density at radius 1 is 1.28 bits per heavy atom. The van der Waals surface area contributed by atoms with Crippen LogP contribution in [-0.2, 0) is 10.0 Å². The molecule has 0 aromatic rings. The van der Waals surface area contributed by atoms with E-state index >= 15 is 0 Å². The van der Waals surface area contributed by atoms with Crippen molar-refractivity contribution in [2.24, 2.45) is 5.92 Å². The van der Waals surface area contributed by atoms with E-state index in [2.05, 4.69) is 0 Å². The van der Waals surface area contributed by atoms with E-state index in [1.807, 2.05) is 4.90 Å². The molecule has 18 heavy (non-hydrogen) atoms. The van der Waals surface area contributed by atoms with E-state index in [1.54, 1.807) is 0 Å². The lowest BCUT2D eigenvalue weighted by atomic mass is 9.99. The molecule has 1 rings (SSSR count). The highest BCUT2D eigenvalue weighted by Crippen LogP contribution is 2.19. The van der Waals surface area contributed by atoms with Gasteiger partial charge in [0, 0.05) is 32.7 Å². The Kier molecular flexibility index (Phi) is 6.51. The molecular weight excluding hydrogens is 256 g/mol. The van der Waals surface area contributed by atoms with Crippen molar-refractivity contribution < 1.29 is 18.6 Å². The fourth-order valence-corrected chi connectivity index (χ4v) is 3.36. The van der Waals surface area contributed by atoms with Crippen LogP contribution >= 0.6 is 0 Å². The first-order valence-electron chi connectivity index (χ1n) is 6.36. The van der Waals surface area contributed by atoms with Crippen molar-refractivity contribution in [3.63, 3.8) is 0 Å². The highest BCUT2D eigenvalue weighted by molar-refractivity contribution is 7.88. The average molecular weight is 280 g/mol. The zero-order chi connectivity index (χ0) is 13.6. The van der Waals surface area contributed by atoms with Gasteiger partial charge in [-0.25, -0.2) is 12.7 Å². The third-order valence-corrected chi connectivity index (χ3v) is 4.57. The number of hydrogen-bond donors (Lipinski definition) is 2. The van der Waals surface area contributed by atoms with Crippen molar-refractivity contribution in [1.82, 2.24) is 9.21 Å². The van der Waals surface area contributed by atoms with Gasteiger partial charge >= 0.3 is 0 Å². The van der Waals surface area contributed by atoms with Crippen LogP contribution in [0.4, 0.5) is 0 Å². The predicted octanol–water partition coefficient (Wildman–Crippen LogP) is -1.06. The maximum Gasteiger partial charge on any atom is 0.211 e. The van der Waals surface area contributed by atoms with Gasteiger partial charge in [0.2, 0.25) is 10.0 Å². The van der Waals surface area contributed by atoms with Crippen molar-refractivity contribution in [2.45, 2.75) is 12.8 Å². The number of aliphatic hydroxyl groups excluding tert-OH is 2. The van der Waals surface area contributed by atoms with Gasteiger partial charge in [0.1, 0.15) is 0 Å². The Balaban J connectivity index is 2.50. The summed E-state index contributed by atoms with van der Waals surface area (Å²) in [5, 5.41) is 17.9. The first kappa shape index (κ1) is 15.8. The molecule has 0 saturated carbocycles. The van der Waals surface area contributed by atoms with E-state index in [4.69, 9.17) is 10.2 Å². The second-order valence-electron chi connectivity index (χ2n) is 4.88. The van der Waals surface area contributed by atoms with Gasteiger partial charge < -0.3 is 10.2 Å². The maximum absolute atomic E-state index is 11.5. The molecular formula is C11H24N2O4S. The molecule has 7 heteroatoms. The minimum atomic E-state index is -3.10. The van der Waals surface area contributed by atoms with Crippen molar-refractivity contribution in [3.05, 3.63) is 0 Å². The standard InChI is InChI=1S/C11H24N2O4S/c1-18(16,17)13-4-2-3-11(10-13)9-12(5-7-14)6-8-15/h11,14-15H,2-10H2,1H3.